The Kier molecular flexibility index (Phi) is 6.14. The second-order valence-corrected chi connectivity index (χ2v) is 8.15. The van der Waals surface area contributed by atoms with E-state index in [1.54, 1.807) is 45.0 Å². The number of carbonyl (C=O) groups excluding carboxylic acids is 2. The van der Waals surface area contributed by atoms with Gasteiger partial charge in [0.1, 0.15) is 0 Å². The van der Waals surface area contributed by atoms with Crippen molar-refractivity contribution in [2.45, 2.75) is 46.8 Å². The Morgan fingerprint density at radius 1 is 1.27 bits per heavy atom. The van der Waals surface area contributed by atoms with Crippen molar-refractivity contribution >= 4 is 23.3 Å². The number of benzene rings is 1. The highest BCUT2D eigenvalue weighted by atomic mass is 35.5. The summed E-state index contributed by atoms with van der Waals surface area (Å²) in [4.78, 5) is 27.1. The molecule has 1 atom stereocenters. The smallest absolute Gasteiger partial charge is 0.290 e. The number of aliphatic hydroxyl groups is 1. The summed E-state index contributed by atoms with van der Waals surface area (Å²) < 4.78 is 5.55. The molecular formula is C20H26ClNO4. The highest BCUT2D eigenvalue weighted by Crippen LogP contribution is 2.40. The van der Waals surface area contributed by atoms with Crippen LogP contribution in [-0.4, -0.2) is 41.0 Å². The first-order chi connectivity index (χ1) is 12.0. The van der Waals surface area contributed by atoms with Gasteiger partial charge in [-0.3, -0.25) is 9.59 Å². The van der Waals surface area contributed by atoms with Crippen molar-refractivity contribution in [1.29, 1.82) is 0 Å². The number of ketones is 1. The minimum atomic E-state index is -0.724. The molecule has 1 N–H and O–H groups in total. The zero-order valence-electron chi connectivity index (χ0n) is 15.9. The molecule has 0 saturated carbocycles. The predicted molar refractivity (Wildman–Crippen MR) is 101 cm³/mol. The van der Waals surface area contributed by atoms with Gasteiger partial charge in [-0.25, -0.2) is 0 Å². The molecule has 26 heavy (non-hydrogen) atoms. The summed E-state index contributed by atoms with van der Waals surface area (Å²) in [5.41, 5.74) is 0.136. The first-order valence-electron chi connectivity index (χ1n) is 8.70. The molecule has 1 aliphatic heterocycles. The van der Waals surface area contributed by atoms with E-state index in [0.29, 0.717) is 11.6 Å². The highest BCUT2D eigenvalue weighted by molar-refractivity contribution is 6.30. The van der Waals surface area contributed by atoms with Gasteiger partial charge in [-0.2, -0.15) is 0 Å². The third-order valence-corrected chi connectivity index (χ3v) is 4.45. The van der Waals surface area contributed by atoms with Crippen LogP contribution in [0, 0.1) is 5.41 Å². The van der Waals surface area contributed by atoms with Crippen molar-refractivity contribution in [3.8, 4) is 0 Å². The first-order valence-corrected chi connectivity index (χ1v) is 9.07. The quantitative estimate of drug-likeness (QED) is 0.808. The van der Waals surface area contributed by atoms with Gasteiger partial charge in [-0.05, 0) is 31.5 Å². The fraction of sp³-hybridized carbons (Fsp3) is 0.500. The largest absolute Gasteiger partial charge is 0.503 e. The first kappa shape index (κ1) is 20.5. The Morgan fingerprint density at radius 3 is 2.35 bits per heavy atom. The maximum atomic E-state index is 12.9. The number of nitrogens with zero attached hydrogens (tertiary/aromatic N) is 1. The van der Waals surface area contributed by atoms with Crippen LogP contribution in [0.1, 0.15) is 46.2 Å². The number of halogens is 1. The van der Waals surface area contributed by atoms with Crippen LogP contribution in [0.3, 0.4) is 0 Å². The topological polar surface area (TPSA) is 66.8 Å². The molecule has 1 amide bonds. The third-order valence-electron chi connectivity index (χ3n) is 4.20. The molecule has 0 aliphatic carbocycles. The molecule has 6 heteroatoms. The fourth-order valence-electron chi connectivity index (χ4n) is 2.90. The van der Waals surface area contributed by atoms with E-state index in [9.17, 15) is 14.7 Å². The van der Waals surface area contributed by atoms with E-state index in [-0.39, 0.29) is 24.0 Å². The number of rotatable bonds is 6. The van der Waals surface area contributed by atoms with Crippen molar-refractivity contribution in [2.24, 2.45) is 5.41 Å². The average Bonchev–Trinajstić information content (AvgIpc) is 2.78. The maximum Gasteiger partial charge on any atom is 0.290 e. The van der Waals surface area contributed by atoms with Crippen LogP contribution in [-0.2, 0) is 14.3 Å². The Morgan fingerprint density at radius 2 is 1.85 bits per heavy atom. The Hall–Kier alpha value is -1.85. The Bertz CT molecular complexity index is 716. The van der Waals surface area contributed by atoms with E-state index in [1.165, 1.54) is 4.90 Å². The van der Waals surface area contributed by atoms with Crippen molar-refractivity contribution in [3.05, 3.63) is 46.2 Å². The van der Waals surface area contributed by atoms with E-state index in [0.717, 1.165) is 5.56 Å². The van der Waals surface area contributed by atoms with Crippen LogP contribution in [0.4, 0.5) is 0 Å². The molecular weight excluding hydrogens is 354 g/mol. The van der Waals surface area contributed by atoms with E-state index in [4.69, 9.17) is 16.3 Å². The minimum Gasteiger partial charge on any atom is -0.503 e. The molecule has 5 nitrogen and oxygen atoms in total. The molecule has 1 aromatic carbocycles. The van der Waals surface area contributed by atoms with Crippen LogP contribution in [0.25, 0.3) is 0 Å². The number of hydrogen-bond acceptors (Lipinski definition) is 4. The average molecular weight is 380 g/mol. The molecule has 0 aromatic heterocycles. The Balaban J connectivity index is 2.45. The SMILES string of the molecule is CC(C)OCCN1C(=O)C(O)=C(C(=O)C(C)(C)C)C1c1ccc(Cl)cc1. The molecule has 1 heterocycles. The van der Waals surface area contributed by atoms with Crippen LogP contribution in [0.5, 0.6) is 0 Å². The van der Waals surface area contributed by atoms with Crippen molar-refractivity contribution < 1.29 is 19.4 Å². The number of aliphatic hydroxyl groups excluding tert-OH is 1. The number of carbonyl (C=O) groups is 2. The highest BCUT2D eigenvalue weighted by Gasteiger charge is 2.45. The summed E-state index contributed by atoms with van der Waals surface area (Å²) in [6.07, 6.45) is 0.0268. The van der Waals surface area contributed by atoms with Crippen molar-refractivity contribution in [1.82, 2.24) is 4.90 Å². The number of hydrogen-bond donors (Lipinski definition) is 1. The predicted octanol–water partition coefficient (Wildman–Crippen LogP) is 4.08. The van der Waals surface area contributed by atoms with Crippen LogP contribution < -0.4 is 0 Å². The molecule has 142 valence electrons. The molecule has 1 unspecified atom stereocenters. The normalized spacial score (nSPS) is 18.2. The van der Waals surface area contributed by atoms with Gasteiger partial charge in [0.05, 0.1) is 24.3 Å². The molecule has 0 radical (unpaired) electrons. The number of Topliss-reactive ketones (excluding diaryl/α,β-unsaturated/α-hetero) is 1. The van der Waals surface area contributed by atoms with E-state index < -0.39 is 23.1 Å². The van der Waals surface area contributed by atoms with E-state index in [1.807, 2.05) is 13.8 Å². The minimum absolute atomic E-state index is 0.0268. The van der Waals surface area contributed by atoms with Gasteiger partial charge >= 0.3 is 0 Å². The van der Waals surface area contributed by atoms with Gasteiger partial charge in [0, 0.05) is 17.0 Å². The van der Waals surface area contributed by atoms with Gasteiger partial charge in [-0.15, -0.1) is 0 Å². The summed E-state index contributed by atoms with van der Waals surface area (Å²) in [6.45, 7) is 9.71. The lowest BCUT2D eigenvalue weighted by Gasteiger charge is -2.29. The summed E-state index contributed by atoms with van der Waals surface area (Å²) in [7, 11) is 0. The third kappa shape index (κ3) is 4.27. The van der Waals surface area contributed by atoms with Crippen LogP contribution >= 0.6 is 11.6 Å². The maximum absolute atomic E-state index is 12.9. The number of ether oxygens (including phenoxy) is 1. The zero-order chi connectivity index (χ0) is 19.6. The van der Waals surface area contributed by atoms with Gasteiger partial charge in [0.2, 0.25) is 0 Å². The van der Waals surface area contributed by atoms with Crippen LogP contribution in [0.2, 0.25) is 5.02 Å². The zero-order valence-corrected chi connectivity index (χ0v) is 16.6. The lowest BCUT2D eigenvalue weighted by molar-refractivity contribution is -0.130. The van der Waals surface area contributed by atoms with Gasteiger partial charge in [0.15, 0.2) is 11.5 Å². The van der Waals surface area contributed by atoms with E-state index >= 15 is 0 Å². The molecule has 0 fully saturated rings. The molecule has 1 aromatic rings. The molecule has 2 rings (SSSR count). The van der Waals surface area contributed by atoms with Crippen LogP contribution in [0.15, 0.2) is 35.6 Å². The molecule has 0 bridgehead atoms. The monoisotopic (exact) mass is 379 g/mol. The standard InChI is InChI=1S/C20H26ClNO4/c1-12(2)26-11-10-22-16(13-6-8-14(21)9-7-13)15(17(23)19(22)25)18(24)20(3,4)5/h6-9,12,16,23H,10-11H2,1-5H3. The second-order valence-electron chi connectivity index (χ2n) is 7.71. The second kappa shape index (κ2) is 7.80. The van der Waals surface area contributed by atoms with E-state index in [2.05, 4.69) is 0 Å². The molecule has 0 spiro atoms. The van der Waals surface area contributed by atoms with Gasteiger partial charge in [0.25, 0.3) is 5.91 Å². The van der Waals surface area contributed by atoms with Crippen molar-refractivity contribution in [3.63, 3.8) is 0 Å². The lowest BCUT2D eigenvalue weighted by Crippen LogP contribution is -2.35. The Labute approximate surface area is 159 Å². The summed E-state index contributed by atoms with van der Waals surface area (Å²) in [6, 6.07) is 6.30. The number of amides is 1. The fourth-order valence-corrected chi connectivity index (χ4v) is 3.02. The van der Waals surface area contributed by atoms with Gasteiger partial charge in [-0.1, -0.05) is 44.5 Å². The van der Waals surface area contributed by atoms with Crippen molar-refractivity contribution in [2.75, 3.05) is 13.2 Å². The summed E-state index contributed by atoms with van der Waals surface area (Å²) in [5.74, 6) is -1.28. The molecule has 1 aliphatic rings. The summed E-state index contributed by atoms with van der Waals surface area (Å²) in [5, 5.41) is 11.0. The summed E-state index contributed by atoms with van der Waals surface area (Å²) >= 11 is 5.97. The molecule has 0 saturated heterocycles. The lowest BCUT2D eigenvalue weighted by atomic mass is 9.82. The van der Waals surface area contributed by atoms with Gasteiger partial charge < -0.3 is 14.7 Å².